The van der Waals surface area contributed by atoms with Crippen molar-refractivity contribution in [1.82, 2.24) is 5.32 Å². The van der Waals surface area contributed by atoms with Gasteiger partial charge in [-0.3, -0.25) is 4.79 Å². The van der Waals surface area contributed by atoms with Gasteiger partial charge < -0.3 is 20.1 Å². The van der Waals surface area contributed by atoms with Crippen molar-refractivity contribution in [2.75, 3.05) is 32.6 Å². The molecular weight excluding hydrogens is 360 g/mol. The fourth-order valence-electron chi connectivity index (χ4n) is 2.27. The first-order valence-corrected chi connectivity index (χ1v) is 7.38. The third kappa shape index (κ3) is 4.49. The maximum atomic E-state index is 12.2. The van der Waals surface area contributed by atoms with E-state index in [1.807, 2.05) is 0 Å². The Morgan fingerprint density at radius 3 is 2.24 bits per heavy atom. The van der Waals surface area contributed by atoms with Gasteiger partial charge in [0, 0.05) is 23.7 Å². The Labute approximate surface area is 139 Å². The monoisotopic (exact) mass is 378 g/mol. The molecule has 1 amide bonds. The molecule has 0 spiro atoms. The second-order valence-corrected chi connectivity index (χ2v) is 5.50. The second-order valence-electron chi connectivity index (χ2n) is 4.71. The number of ether oxygens (including phenoxy) is 2. The van der Waals surface area contributed by atoms with Gasteiger partial charge in [-0.1, -0.05) is 0 Å². The van der Waals surface area contributed by atoms with Crippen molar-refractivity contribution >= 4 is 39.9 Å². The lowest BCUT2D eigenvalue weighted by atomic mass is 9.97. The van der Waals surface area contributed by atoms with E-state index in [0.29, 0.717) is 17.2 Å². The molecule has 0 unspecified atom stereocenters. The van der Waals surface area contributed by atoms with E-state index in [2.05, 4.69) is 26.6 Å². The van der Waals surface area contributed by atoms with Crippen LogP contribution >= 0.6 is 28.3 Å². The topological polar surface area (TPSA) is 59.6 Å². The Hall–Kier alpha value is -0.980. The van der Waals surface area contributed by atoms with Crippen LogP contribution in [-0.4, -0.2) is 33.2 Å². The van der Waals surface area contributed by atoms with Crippen molar-refractivity contribution in [1.29, 1.82) is 0 Å². The van der Waals surface area contributed by atoms with Gasteiger partial charge in [0.05, 0.1) is 14.2 Å². The number of amides is 1. The lowest BCUT2D eigenvalue weighted by molar-refractivity contribution is -0.120. The minimum atomic E-state index is 0. The molecule has 2 N–H and O–H groups in total. The summed E-state index contributed by atoms with van der Waals surface area (Å²) in [5.41, 5.74) is 0.686. The standard InChI is InChI=1S/C14H19BrN2O3.ClH/c1-19-11-7-10(8-12(20-2)13(11)15)17-14(18)9-3-5-16-6-4-9;/h7-9,16H,3-6H2,1-2H3,(H,17,18);1H. The van der Waals surface area contributed by atoms with Crippen molar-refractivity contribution in [3.8, 4) is 11.5 Å². The van der Waals surface area contributed by atoms with Crippen LogP contribution in [0, 0.1) is 5.92 Å². The first kappa shape index (κ1) is 18.1. The Bertz CT molecular complexity index is 468. The largest absolute Gasteiger partial charge is 0.495 e. The highest BCUT2D eigenvalue weighted by Gasteiger charge is 2.21. The van der Waals surface area contributed by atoms with Gasteiger partial charge in [0.25, 0.3) is 0 Å². The SMILES string of the molecule is COc1cc(NC(=O)C2CCNCC2)cc(OC)c1Br.Cl. The van der Waals surface area contributed by atoms with Crippen molar-refractivity contribution in [2.45, 2.75) is 12.8 Å². The molecule has 1 heterocycles. The van der Waals surface area contributed by atoms with E-state index in [0.717, 1.165) is 30.4 Å². The van der Waals surface area contributed by atoms with E-state index in [1.54, 1.807) is 26.4 Å². The first-order valence-electron chi connectivity index (χ1n) is 6.58. The van der Waals surface area contributed by atoms with E-state index in [4.69, 9.17) is 9.47 Å². The van der Waals surface area contributed by atoms with Gasteiger partial charge in [0.2, 0.25) is 5.91 Å². The third-order valence-electron chi connectivity index (χ3n) is 3.42. The van der Waals surface area contributed by atoms with Gasteiger partial charge in [-0.15, -0.1) is 12.4 Å². The molecule has 118 valence electrons. The maximum Gasteiger partial charge on any atom is 0.227 e. The fraction of sp³-hybridized carbons (Fsp3) is 0.500. The molecule has 0 aliphatic carbocycles. The lowest BCUT2D eigenvalue weighted by Crippen LogP contribution is -2.34. The molecule has 2 rings (SSSR count). The molecule has 0 saturated carbocycles. The number of carbonyl (C=O) groups is 1. The van der Waals surface area contributed by atoms with E-state index >= 15 is 0 Å². The smallest absolute Gasteiger partial charge is 0.227 e. The van der Waals surface area contributed by atoms with Crippen LogP contribution in [0.25, 0.3) is 0 Å². The van der Waals surface area contributed by atoms with Crippen molar-refractivity contribution < 1.29 is 14.3 Å². The van der Waals surface area contributed by atoms with Crippen molar-refractivity contribution in [2.24, 2.45) is 5.92 Å². The minimum Gasteiger partial charge on any atom is -0.495 e. The number of anilines is 1. The Morgan fingerprint density at radius 1 is 1.24 bits per heavy atom. The molecule has 1 aromatic rings. The summed E-state index contributed by atoms with van der Waals surface area (Å²) in [4.78, 5) is 12.2. The lowest BCUT2D eigenvalue weighted by Gasteiger charge is -2.22. The predicted octanol–water partition coefficient (Wildman–Crippen LogP) is 2.83. The molecule has 0 aromatic heterocycles. The minimum absolute atomic E-state index is 0. The van der Waals surface area contributed by atoms with Gasteiger partial charge >= 0.3 is 0 Å². The molecule has 1 aliphatic heterocycles. The second kappa shape index (κ2) is 8.46. The van der Waals surface area contributed by atoms with Crippen LogP contribution in [0.4, 0.5) is 5.69 Å². The Morgan fingerprint density at radius 2 is 1.76 bits per heavy atom. The van der Waals surface area contributed by atoms with E-state index in [9.17, 15) is 4.79 Å². The molecule has 21 heavy (non-hydrogen) atoms. The molecule has 7 heteroatoms. The fourth-order valence-corrected chi connectivity index (χ4v) is 2.82. The molecule has 1 fully saturated rings. The third-order valence-corrected chi connectivity index (χ3v) is 4.20. The normalized spacial score (nSPS) is 15.0. The highest BCUT2D eigenvalue weighted by molar-refractivity contribution is 9.10. The Kier molecular flexibility index (Phi) is 7.28. The van der Waals surface area contributed by atoms with Crippen LogP contribution < -0.4 is 20.1 Å². The Balaban J connectivity index is 0.00000220. The summed E-state index contributed by atoms with van der Waals surface area (Å²) < 4.78 is 11.3. The number of piperidine rings is 1. The zero-order valence-corrected chi connectivity index (χ0v) is 14.5. The van der Waals surface area contributed by atoms with Crippen LogP contribution in [0.1, 0.15) is 12.8 Å². The molecule has 1 aliphatic rings. The summed E-state index contributed by atoms with van der Waals surface area (Å²) in [6.07, 6.45) is 1.74. The molecule has 0 atom stereocenters. The molecular formula is C14H20BrClN2O3. The van der Waals surface area contributed by atoms with Gasteiger partial charge in [0.15, 0.2) is 0 Å². The zero-order valence-electron chi connectivity index (χ0n) is 12.1. The van der Waals surface area contributed by atoms with E-state index in [-0.39, 0.29) is 24.2 Å². The summed E-state index contributed by atoms with van der Waals surface area (Å²) in [5.74, 6) is 1.38. The van der Waals surface area contributed by atoms with Gasteiger partial charge in [-0.2, -0.15) is 0 Å². The number of methoxy groups -OCH3 is 2. The zero-order chi connectivity index (χ0) is 14.5. The summed E-state index contributed by atoms with van der Waals surface area (Å²) >= 11 is 3.41. The van der Waals surface area contributed by atoms with Crippen LogP contribution in [0.3, 0.4) is 0 Å². The maximum absolute atomic E-state index is 12.2. The molecule has 5 nitrogen and oxygen atoms in total. The average Bonchev–Trinajstić information content (AvgIpc) is 2.49. The van der Waals surface area contributed by atoms with Crippen molar-refractivity contribution in [3.05, 3.63) is 16.6 Å². The molecule has 1 aromatic carbocycles. The summed E-state index contributed by atoms with van der Waals surface area (Å²) in [6, 6.07) is 3.57. The van der Waals surface area contributed by atoms with Crippen molar-refractivity contribution in [3.63, 3.8) is 0 Å². The number of halogens is 2. The predicted molar refractivity (Wildman–Crippen MR) is 88.7 cm³/mol. The number of hydrogen-bond donors (Lipinski definition) is 2. The number of carbonyl (C=O) groups excluding carboxylic acids is 1. The molecule has 1 saturated heterocycles. The van der Waals surface area contributed by atoms with Crippen LogP contribution in [0.15, 0.2) is 16.6 Å². The van der Waals surface area contributed by atoms with Crippen LogP contribution in [0.5, 0.6) is 11.5 Å². The quantitative estimate of drug-likeness (QED) is 0.844. The summed E-state index contributed by atoms with van der Waals surface area (Å²) in [7, 11) is 3.16. The van der Waals surface area contributed by atoms with E-state index < -0.39 is 0 Å². The van der Waals surface area contributed by atoms with Gasteiger partial charge in [0.1, 0.15) is 16.0 Å². The van der Waals surface area contributed by atoms with Crippen LogP contribution in [0.2, 0.25) is 0 Å². The highest BCUT2D eigenvalue weighted by atomic mass is 79.9. The highest BCUT2D eigenvalue weighted by Crippen LogP contribution is 2.37. The first-order chi connectivity index (χ1) is 9.65. The summed E-state index contributed by atoms with van der Waals surface area (Å²) in [5, 5.41) is 6.19. The number of rotatable bonds is 4. The number of benzene rings is 1. The number of hydrogen-bond acceptors (Lipinski definition) is 4. The van der Waals surface area contributed by atoms with Gasteiger partial charge in [-0.05, 0) is 41.9 Å². The van der Waals surface area contributed by atoms with Crippen LogP contribution in [-0.2, 0) is 4.79 Å². The average molecular weight is 380 g/mol. The summed E-state index contributed by atoms with van der Waals surface area (Å²) in [6.45, 7) is 1.79. The molecule has 0 bridgehead atoms. The van der Waals surface area contributed by atoms with Gasteiger partial charge in [-0.25, -0.2) is 0 Å². The van der Waals surface area contributed by atoms with E-state index in [1.165, 1.54) is 0 Å². The molecule has 0 radical (unpaired) electrons. The number of nitrogens with one attached hydrogen (secondary N) is 2.